The molecule has 0 unspecified atom stereocenters. The lowest BCUT2D eigenvalue weighted by molar-refractivity contribution is -0.120. The summed E-state index contributed by atoms with van der Waals surface area (Å²) in [7, 11) is 0. The van der Waals surface area contributed by atoms with Crippen LogP contribution in [0.25, 0.3) is 10.9 Å². The fourth-order valence-electron chi connectivity index (χ4n) is 3.03. The molecule has 0 aliphatic rings. The van der Waals surface area contributed by atoms with Crippen LogP contribution in [0.15, 0.2) is 58.8 Å². The molecule has 0 atom stereocenters. The van der Waals surface area contributed by atoms with Crippen molar-refractivity contribution in [3.63, 3.8) is 0 Å². The molecule has 0 spiro atoms. The van der Waals surface area contributed by atoms with Crippen molar-refractivity contribution in [2.75, 3.05) is 6.61 Å². The summed E-state index contributed by atoms with van der Waals surface area (Å²) in [5.74, 6) is 0.126. The van der Waals surface area contributed by atoms with E-state index in [1.807, 2.05) is 47.9 Å². The second-order valence-corrected chi connectivity index (χ2v) is 6.74. The average molecular weight is 379 g/mol. The van der Waals surface area contributed by atoms with E-state index < -0.39 is 5.91 Å². The van der Waals surface area contributed by atoms with Crippen molar-refractivity contribution >= 4 is 22.5 Å². The van der Waals surface area contributed by atoms with E-state index in [4.69, 9.17) is 4.74 Å². The lowest BCUT2D eigenvalue weighted by Crippen LogP contribution is -2.07. The number of nitrogens with zero attached hydrogens (tertiary/aromatic N) is 3. The number of amides is 1. The fraction of sp³-hybridized carbons (Fsp3) is 0.318. The quantitative estimate of drug-likeness (QED) is 0.413. The molecule has 0 radical (unpaired) electrons. The Kier molecular flexibility index (Phi) is 6.42. The SMILES string of the molecule is CCCCCn1c(O)c(N=NC(=O)COc2ccc(C)cc2)c2ccccc21. The second-order valence-electron chi connectivity index (χ2n) is 6.74. The molecule has 3 aromatic rings. The van der Waals surface area contributed by atoms with Gasteiger partial charge in [-0.25, -0.2) is 0 Å². The van der Waals surface area contributed by atoms with Crippen LogP contribution in [0.4, 0.5) is 5.69 Å². The monoisotopic (exact) mass is 379 g/mol. The Hall–Kier alpha value is -3.15. The van der Waals surface area contributed by atoms with E-state index in [1.165, 1.54) is 0 Å². The number of azo groups is 1. The smallest absolute Gasteiger partial charge is 0.302 e. The van der Waals surface area contributed by atoms with Gasteiger partial charge in [-0.15, -0.1) is 10.2 Å². The third kappa shape index (κ3) is 4.57. The molecule has 6 heteroatoms. The first-order chi connectivity index (χ1) is 13.6. The molecule has 0 aliphatic carbocycles. The third-order valence-corrected chi connectivity index (χ3v) is 4.55. The minimum atomic E-state index is -0.511. The number of unbranched alkanes of at least 4 members (excludes halogenated alkanes) is 2. The van der Waals surface area contributed by atoms with Crippen LogP contribution in [0.5, 0.6) is 11.6 Å². The summed E-state index contributed by atoms with van der Waals surface area (Å²) in [6, 6.07) is 15.0. The Morgan fingerprint density at radius 1 is 1.11 bits per heavy atom. The maximum Gasteiger partial charge on any atom is 0.302 e. The number of fused-ring (bicyclic) bond motifs is 1. The van der Waals surface area contributed by atoms with Crippen molar-refractivity contribution in [3.05, 3.63) is 54.1 Å². The third-order valence-electron chi connectivity index (χ3n) is 4.55. The zero-order valence-corrected chi connectivity index (χ0v) is 16.3. The van der Waals surface area contributed by atoms with Crippen LogP contribution in [0, 0.1) is 6.92 Å². The number of carbonyl (C=O) groups is 1. The van der Waals surface area contributed by atoms with Crippen LogP contribution in [0.2, 0.25) is 0 Å². The molecule has 1 N–H and O–H groups in total. The van der Waals surface area contributed by atoms with Gasteiger partial charge in [0.05, 0.1) is 5.52 Å². The van der Waals surface area contributed by atoms with E-state index >= 15 is 0 Å². The number of hydrogen-bond acceptors (Lipinski definition) is 4. The van der Waals surface area contributed by atoms with Gasteiger partial charge in [0, 0.05) is 11.9 Å². The summed E-state index contributed by atoms with van der Waals surface area (Å²) in [5, 5.41) is 19.2. The van der Waals surface area contributed by atoms with E-state index in [2.05, 4.69) is 17.2 Å². The molecule has 0 bridgehead atoms. The van der Waals surface area contributed by atoms with E-state index in [0.717, 1.165) is 35.7 Å². The maximum atomic E-state index is 12.0. The molecule has 2 aromatic carbocycles. The predicted octanol–water partition coefficient (Wildman–Crippen LogP) is 5.53. The zero-order chi connectivity index (χ0) is 19.9. The molecule has 3 rings (SSSR count). The van der Waals surface area contributed by atoms with E-state index in [9.17, 15) is 9.90 Å². The second kappa shape index (κ2) is 9.17. The number of para-hydroxylation sites is 1. The van der Waals surface area contributed by atoms with Gasteiger partial charge in [0.15, 0.2) is 12.3 Å². The Labute approximate surface area is 164 Å². The number of aryl methyl sites for hydroxylation is 2. The molecule has 1 aromatic heterocycles. The molecule has 0 saturated heterocycles. The molecule has 28 heavy (non-hydrogen) atoms. The molecule has 1 heterocycles. The van der Waals surface area contributed by atoms with Gasteiger partial charge in [0.1, 0.15) is 5.75 Å². The van der Waals surface area contributed by atoms with E-state index in [0.29, 0.717) is 18.0 Å². The van der Waals surface area contributed by atoms with Crippen molar-refractivity contribution < 1.29 is 14.6 Å². The van der Waals surface area contributed by atoms with Gasteiger partial charge in [-0.05, 0) is 31.5 Å². The summed E-state index contributed by atoms with van der Waals surface area (Å²) in [4.78, 5) is 12.0. The fourth-order valence-corrected chi connectivity index (χ4v) is 3.03. The van der Waals surface area contributed by atoms with Crippen molar-refractivity contribution in [1.82, 2.24) is 4.57 Å². The van der Waals surface area contributed by atoms with Crippen LogP contribution in [0.1, 0.15) is 31.7 Å². The Morgan fingerprint density at radius 2 is 1.86 bits per heavy atom. The Balaban J connectivity index is 1.74. The highest BCUT2D eigenvalue weighted by Crippen LogP contribution is 2.39. The number of aromatic hydroxyl groups is 1. The Bertz CT molecular complexity index is 975. The van der Waals surface area contributed by atoms with E-state index in [-0.39, 0.29) is 12.5 Å². The number of carbonyl (C=O) groups excluding carboxylic acids is 1. The van der Waals surface area contributed by atoms with Gasteiger partial charge >= 0.3 is 5.91 Å². The van der Waals surface area contributed by atoms with Gasteiger partial charge in [-0.3, -0.25) is 4.79 Å². The normalized spacial score (nSPS) is 11.4. The van der Waals surface area contributed by atoms with Crippen LogP contribution in [-0.4, -0.2) is 22.2 Å². The largest absolute Gasteiger partial charge is 0.493 e. The number of hydrogen-bond donors (Lipinski definition) is 1. The summed E-state index contributed by atoms with van der Waals surface area (Å²) in [6.07, 6.45) is 3.14. The average Bonchev–Trinajstić information content (AvgIpc) is 2.97. The first-order valence-electron chi connectivity index (χ1n) is 9.54. The molecule has 6 nitrogen and oxygen atoms in total. The van der Waals surface area contributed by atoms with Crippen LogP contribution >= 0.6 is 0 Å². The van der Waals surface area contributed by atoms with Crippen molar-refractivity contribution in [2.24, 2.45) is 10.2 Å². The summed E-state index contributed by atoms with van der Waals surface area (Å²) in [6.45, 7) is 4.61. The van der Waals surface area contributed by atoms with Crippen LogP contribution < -0.4 is 4.74 Å². The molecular formula is C22H25N3O3. The minimum absolute atomic E-state index is 0.0355. The molecule has 1 amide bonds. The van der Waals surface area contributed by atoms with Crippen molar-refractivity contribution in [2.45, 2.75) is 39.7 Å². The first kappa shape index (κ1) is 19.6. The van der Waals surface area contributed by atoms with Gasteiger partial charge in [-0.2, -0.15) is 0 Å². The van der Waals surface area contributed by atoms with E-state index in [1.54, 1.807) is 12.1 Å². The first-order valence-corrected chi connectivity index (χ1v) is 9.54. The molecule has 0 fully saturated rings. The molecule has 0 aliphatic heterocycles. The van der Waals surface area contributed by atoms with Crippen molar-refractivity contribution in [3.8, 4) is 11.6 Å². The number of aromatic nitrogens is 1. The summed E-state index contributed by atoms with van der Waals surface area (Å²) in [5.41, 5.74) is 2.31. The number of rotatable bonds is 8. The number of ether oxygens (including phenoxy) is 1. The molecular weight excluding hydrogens is 354 g/mol. The highest BCUT2D eigenvalue weighted by molar-refractivity contribution is 5.95. The standard InChI is InChI=1S/C22H25N3O3/c1-3-4-7-14-25-19-9-6-5-8-18(19)21(22(25)27)24-23-20(26)15-28-17-12-10-16(2)11-13-17/h5-6,8-13,27H,3-4,7,14-15H2,1-2H3. The maximum absolute atomic E-state index is 12.0. The Morgan fingerprint density at radius 3 is 2.61 bits per heavy atom. The predicted molar refractivity (Wildman–Crippen MR) is 109 cm³/mol. The lowest BCUT2D eigenvalue weighted by atomic mass is 10.2. The summed E-state index contributed by atoms with van der Waals surface area (Å²) >= 11 is 0. The van der Waals surface area contributed by atoms with Crippen LogP contribution in [0.3, 0.4) is 0 Å². The highest BCUT2D eigenvalue weighted by Gasteiger charge is 2.16. The lowest BCUT2D eigenvalue weighted by Gasteiger charge is -2.05. The molecule has 0 saturated carbocycles. The zero-order valence-electron chi connectivity index (χ0n) is 16.3. The van der Waals surface area contributed by atoms with Gasteiger partial charge in [0.2, 0.25) is 5.88 Å². The molecule has 146 valence electrons. The highest BCUT2D eigenvalue weighted by atomic mass is 16.5. The minimum Gasteiger partial charge on any atom is -0.493 e. The van der Waals surface area contributed by atoms with Crippen molar-refractivity contribution in [1.29, 1.82) is 0 Å². The topological polar surface area (TPSA) is 76.2 Å². The van der Waals surface area contributed by atoms with Gasteiger partial charge in [0.25, 0.3) is 0 Å². The van der Waals surface area contributed by atoms with Gasteiger partial charge < -0.3 is 14.4 Å². The van der Waals surface area contributed by atoms with Crippen LogP contribution in [-0.2, 0) is 11.3 Å². The summed E-state index contributed by atoms with van der Waals surface area (Å²) < 4.78 is 7.25. The number of benzene rings is 2. The van der Waals surface area contributed by atoms with Gasteiger partial charge in [-0.1, -0.05) is 55.7 Å².